The van der Waals surface area contributed by atoms with Gasteiger partial charge in [-0.25, -0.2) is 4.79 Å². The van der Waals surface area contributed by atoms with Crippen LogP contribution in [0.25, 0.3) is 0 Å². The van der Waals surface area contributed by atoms with Crippen molar-refractivity contribution in [2.75, 3.05) is 13.1 Å². The van der Waals surface area contributed by atoms with Gasteiger partial charge in [0.2, 0.25) is 0 Å². The van der Waals surface area contributed by atoms with Gasteiger partial charge in [0.15, 0.2) is 0 Å². The van der Waals surface area contributed by atoms with Crippen molar-refractivity contribution in [1.82, 2.24) is 4.90 Å². The zero-order chi connectivity index (χ0) is 15.0. The van der Waals surface area contributed by atoms with Gasteiger partial charge in [0.05, 0.1) is 5.92 Å². The number of hydrogen-bond donors (Lipinski definition) is 2. The molecule has 1 heterocycles. The van der Waals surface area contributed by atoms with E-state index >= 15 is 0 Å². The predicted molar refractivity (Wildman–Crippen MR) is 76.8 cm³/mol. The number of carboxylic acid groups (broad SMARTS) is 2. The number of amides is 1. The lowest BCUT2D eigenvalue weighted by Gasteiger charge is -2.34. The zero-order valence-electron chi connectivity index (χ0n) is 12.4. The molecule has 1 fully saturated rings. The lowest BCUT2D eigenvalue weighted by molar-refractivity contribution is -0.144. The highest BCUT2D eigenvalue weighted by molar-refractivity contribution is 5.72. The fourth-order valence-electron chi connectivity index (χ4n) is 2.96. The summed E-state index contributed by atoms with van der Waals surface area (Å²) in [5.74, 6) is -1.21. The van der Waals surface area contributed by atoms with Crippen LogP contribution in [0.15, 0.2) is 0 Å². The molecule has 1 aliphatic rings. The Labute approximate surface area is 121 Å². The van der Waals surface area contributed by atoms with Gasteiger partial charge in [0.1, 0.15) is 0 Å². The molecule has 0 spiro atoms. The lowest BCUT2D eigenvalue weighted by atomic mass is 9.86. The summed E-state index contributed by atoms with van der Waals surface area (Å²) in [4.78, 5) is 23.4. The molecule has 0 aromatic carbocycles. The van der Waals surface area contributed by atoms with Crippen molar-refractivity contribution in [3.05, 3.63) is 0 Å². The molecule has 0 radical (unpaired) electrons. The Hall–Kier alpha value is -1.26. The molecule has 0 aromatic heterocycles. The summed E-state index contributed by atoms with van der Waals surface area (Å²) in [5, 5.41) is 18.2. The first-order valence-electron chi connectivity index (χ1n) is 7.75. The number of carbonyl (C=O) groups is 2. The molecule has 1 aliphatic heterocycles. The molecule has 116 valence electrons. The molecule has 2 N–H and O–H groups in total. The van der Waals surface area contributed by atoms with Crippen LogP contribution in [0.5, 0.6) is 0 Å². The Kier molecular flexibility index (Phi) is 7.41. The molecule has 5 heteroatoms. The number of unbranched alkanes of at least 4 members (excludes halogenated alkanes) is 5. The maximum Gasteiger partial charge on any atom is 0.407 e. The highest BCUT2D eigenvalue weighted by atomic mass is 16.4. The quantitative estimate of drug-likeness (QED) is 0.670. The summed E-state index contributed by atoms with van der Waals surface area (Å²) in [6.07, 6.45) is 7.81. The van der Waals surface area contributed by atoms with Crippen LogP contribution in [0.2, 0.25) is 0 Å². The maximum atomic E-state index is 11.1. The van der Waals surface area contributed by atoms with E-state index in [0.717, 1.165) is 12.8 Å². The molecule has 0 aromatic rings. The average molecular weight is 285 g/mol. The van der Waals surface area contributed by atoms with Gasteiger partial charge in [-0.1, -0.05) is 45.4 Å². The normalized spacial score (nSPS) is 22.8. The number of hydrogen-bond acceptors (Lipinski definition) is 2. The van der Waals surface area contributed by atoms with E-state index in [-0.39, 0.29) is 12.5 Å². The fourth-order valence-corrected chi connectivity index (χ4v) is 2.96. The summed E-state index contributed by atoms with van der Waals surface area (Å²) < 4.78 is 0. The second-order valence-electron chi connectivity index (χ2n) is 5.88. The minimum absolute atomic E-state index is 0.137. The molecule has 20 heavy (non-hydrogen) atoms. The first kappa shape index (κ1) is 16.8. The molecule has 1 amide bonds. The Bertz CT molecular complexity index is 297. The van der Waals surface area contributed by atoms with Crippen molar-refractivity contribution in [3.8, 4) is 0 Å². The molecule has 5 nitrogen and oxygen atoms in total. The number of aliphatic carboxylic acids is 1. The Morgan fingerprint density at radius 2 is 1.70 bits per heavy atom. The molecule has 0 aliphatic carbocycles. The number of rotatable bonds is 8. The van der Waals surface area contributed by atoms with E-state index in [1.807, 2.05) is 0 Å². The van der Waals surface area contributed by atoms with Crippen molar-refractivity contribution in [2.45, 2.75) is 58.3 Å². The van der Waals surface area contributed by atoms with Gasteiger partial charge in [0, 0.05) is 13.1 Å². The second-order valence-corrected chi connectivity index (χ2v) is 5.88. The molecular weight excluding hydrogens is 258 g/mol. The highest BCUT2D eigenvalue weighted by Crippen LogP contribution is 2.26. The predicted octanol–water partition coefficient (Wildman–Crippen LogP) is 3.44. The Balaban J connectivity index is 2.32. The topological polar surface area (TPSA) is 77.8 Å². The lowest BCUT2D eigenvalue weighted by Crippen LogP contribution is -2.45. The van der Waals surface area contributed by atoms with Crippen LogP contribution in [0, 0.1) is 11.8 Å². The van der Waals surface area contributed by atoms with Crippen LogP contribution < -0.4 is 0 Å². The van der Waals surface area contributed by atoms with Gasteiger partial charge in [-0.3, -0.25) is 4.79 Å². The maximum absolute atomic E-state index is 11.1. The largest absolute Gasteiger partial charge is 0.481 e. The summed E-state index contributed by atoms with van der Waals surface area (Å²) in [7, 11) is 0. The van der Waals surface area contributed by atoms with Crippen LogP contribution in [-0.4, -0.2) is 40.3 Å². The minimum atomic E-state index is -0.996. The van der Waals surface area contributed by atoms with E-state index in [0.29, 0.717) is 13.0 Å². The van der Waals surface area contributed by atoms with Gasteiger partial charge in [-0.05, 0) is 18.8 Å². The van der Waals surface area contributed by atoms with E-state index < -0.39 is 18.0 Å². The summed E-state index contributed by atoms with van der Waals surface area (Å²) in [5.41, 5.74) is 0. The number of carboxylic acids is 1. The Morgan fingerprint density at radius 1 is 1.05 bits per heavy atom. The van der Waals surface area contributed by atoms with Crippen LogP contribution in [0.4, 0.5) is 4.79 Å². The van der Waals surface area contributed by atoms with Crippen molar-refractivity contribution >= 4 is 12.1 Å². The van der Waals surface area contributed by atoms with Crippen molar-refractivity contribution < 1.29 is 19.8 Å². The first-order chi connectivity index (χ1) is 9.54. The van der Waals surface area contributed by atoms with Gasteiger partial charge in [-0.2, -0.15) is 0 Å². The zero-order valence-corrected chi connectivity index (χ0v) is 12.4. The molecule has 2 atom stereocenters. The molecule has 0 unspecified atom stereocenters. The monoisotopic (exact) mass is 285 g/mol. The van der Waals surface area contributed by atoms with Crippen molar-refractivity contribution in [2.24, 2.45) is 11.8 Å². The number of nitrogens with zero attached hydrogens (tertiary/aromatic N) is 1. The highest BCUT2D eigenvalue weighted by Gasteiger charge is 2.33. The van der Waals surface area contributed by atoms with E-state index in [9.17, 15) is 9.59 Å². The molecule has 1 saturated heterocycles. The summed E-state index contributed by atoms with van der Waals surface area (Å²) >= 11 is 0. The SMILES string of the molecule is CCCCCCCC[C@@H]1C[C@H](C(=O)O)CN(C(=O)O)C1. The fraction of sp³-hybridized carbons (Fsp3) is 0.867. The third-order valence-electron chi connectivity index (χ3n) is 4.12. The van der Waals surface area contributed by atoms with Crippen molar-refractivity contribution in [1.29, 1.82) is 0 Å². The minimum Gasteiger partial charge on any atom is -0.481 e. The summed E-state index contributed by atoms with van der Waals surface area (Å²) in [6, 6.07) is 0. The molecule has 1 rings (SSSR count). The van der Waals surface area contributed by atoms with Crippen molar-refractivity contribution in [3.63, 3.8) is 0 Å². The van der Waals surface area contributed by atoms with Gasteiger partial charge in [0.25, 0.3) is 0 Å². The van der Waals surface area contributed by atoms with Gasteiger partial charge in [-0.15, -0.1) is 0 Å². The van der Waals surface area contributed by atoms with Crippen LogP contribution in [-0.2, 0) is 4.79 Å². The van der Waals surface area contributed by atoms with E-state index in [1.54, 1.807) is 0 Å². The standard InChI is InChI=1S/C15H27NO4/c1-2-3-4-5-6-7-8-12-9-13(14(17)18)11-16(10-12)15(19)20/h12-13H,2-11H2,1H3,(H,17,18)(H,19,20)/t12-,13+/m1/s1. The Morgan fingerprint density at radius 3 is 2.30 bits per heavy atom. The van der Waals surface area contributed by atoms with Gasteiger partial charge < -0.3 is 15.1 Å². The average Bonchev–Trinajstić information content (AvgIpc) is 2.42. The van der Waals surface area contributed by atoms with E-state index in [2.05, 4.69) is 6.92 Å². The van der Waals surface area contributed by atoms with Gasteiger partial charge >= 0.3 is 12.1 Å². The third-order valence-corrected chi connectivity index (χ3v) is 4.12. The van der Waals surface area contributed by atoms with E-state index in [1.165, 1.54) is 37.0 Å². The van der Waals surface area contributed by atoms with Crippen LogP contribution in [0.3, 0.4) is 0 Å². The molecule has 0 bridgehead atoms. The summed E-state index contributed by atoms with van der Waals surface area (Å²) in [6.45, 7) is 2.82. The second kappa shape index (κ2) is 8.82. The number of piperidine rings is 1. The molecular formula is C15H27NO4. The first-order valence-corrected chi connectivity index (χ1v) is 7.75. The number of likely N-dealkylation sites (tertiary alicyclic amines) is 1. The third kappa shape index (κ3) is 5.80. The van der Waals surface area contributed by atoms with E-state index in [4.69, 9.17) is 10.2 Å². The smallest absolute Gasteiger partial charge is 0.407 e. The molecule has 0 saturated carbocycles. The van der Waals surface area contributed by atoms with Crippen LogP contribution >= 0.6 is 0 Å². The van der Waals surface area contributed by atoms with Crippen LogP contribution in [0.1, 0.15) is 58.3 Å².